The summed E-state index contributed by atoms with van der Waals surface area (Å²) in [6, 6.07) is 11.7. The molecule has 0 radical (unpaired) electrons. The fraction of sp³-hybridized carbons (Fsp3) is 0.296. The molecule has 1 atom stereocenters. The summed E-state index contributed by atoms with van der Waals surface area (Å²) in [5.41, 5.74) is 1.92. The molecule has 3 heterocycles. The highest BCUT2D eigenvalue weighted by Gasteiger charge is 2.45. The van der Waals surface area contributed by atoms with Gasteiger partial charge in [0.1, 0.15) is 11.3 Å². The molecule has 1 unspecified atom stereocenters. The van der Waals surface area contributed by atoms with E-state index in [0.717, 1.165) is 22.6 Å². The molecule has 0 N–H and O–H groups in total. The van der Waals surface area contributed by atoms with Gasteiger partial charge in [-0.1, -0.05) is 37.6 Å². The highest BCUT2D eigenvalue weighted by molar-refractivity contribution is 7.15. The lowest BCUT2D eigenvalue weighted by molar-refractivity contribution is 0.0971. The van der Waals surface area contributed by atoms with E-state index >= 15 is 0 Å². The average Bonchev–Trinajstić information content (AvgIpc) is 3.30. The van der Waals surface area contributed by atoms with Crippen LogP contribution in [0.15, 0.2) is 51.7 Å². The van der Waals surface area contributed by atoms with Crippen LogP contribution in [-0.2, 0) is 0 Å². The first kappa shape index (κ1) is 23.6. The van der Waals surface area contributed by atoms with Crippen LogP contribution in [0.1, 0.15) is 58.6 Å². The highest BCUT2D eigenvalue weighted by Crippen LogP contribution is 2.43. The molecule has 2 aromatic heterocycles. The van der Waals surface area contributed by atoms with E-state index in [-0.39, 0.29) is 22.7 Å². The van der Waals surface area contributed by atoms with E-state index in [4.69, 9.17) is 20.8 Å². The molecule has 1 amide bonds. The van der Waals surface area contributed by atoms with Gasteiger partial charge in [-0.15, -0.1) is 11.3 Å². The third-order valence-electron chi connectivity index (χ3n) is 6.19. The van der Waals surface area contributed by atoms with Crippen LogP contribution < -0.4 is 15.1 Å². The average molecular weight is 509 g/mol. The Balaban J connectivity index is 1.69. The Morgan fingerprint density at radius 2 is 1.97 bits per heavy atom. The SMILES string of the molecule is Cc1nc(N2C(=O)c3oc4ccc(Cl)cc4c(=O)c3C2c2cccc(OCCC(C)C)c2)sc1C. The van der Waals surface area contributed by atoms with Gasteiger partial charge in [0.05, 0.1) is 29.3 Å². The Kier molecular flexibility index (Phi) is 6.15. The fourth-order valence-electron chi connectivity index (χ4n) is 4.20. The lowest BCUT2D eigenvalue weighted by Gasteiger charge is -2.23. The van der Waals surface area contributed by atoms with E-state index in [1.165, 1.54) is 11.3 Å². The van der Waals surface area contributed by atoms with Crippen LogP contribution >= 0.6 is 22.9 Å². The number of halogens is 1. The van der Waals surface area contributed by atoms with Crippen LogP contribution in [0, 0.1) is 19.8 Å². The second-order valence-corrected chi connectivity index (χ2v) is 10.8. The van der Waals surface area contributed by atoms with Crippen molar-refractivity contribution in [2.75, 3.05) is 11.5 Å². The van der Waals surface area contributed by atoms with E-state index in [2.05, 4.69) is 18.8 Å². The summed E-state index contributed by atoms with van der Waals surface area (Å²) in [5.74, 6) is 0.850. The third kappa shape index (κ3) is 4.23. The molecule has 0 spiro atoms. The smallest absolute Gasteiger partial charge is 0.297 e. The molecule has 0 aliphatic carbocycles. The van der Waals surface area contributed by atoms with Gasteiger partial charge in [0, 0.05) is 9.90 Å². The van der Waals surface area contributed by atoms with E-state index in [1.54, 1.807) is 23.1 Å². The standard InChI is InChI=1S/C27H25ClN2O4S/c1-14(2)10-11-33-19-7-5-6-17(12-19)23-22-24(31)20-13-18(28)8-9-21(20)34-25(22)26(32)30(23)27-29-15(3)16(4)35-27/h5-9,12-14,23H,10-11H2,1-4H3. The molecule has 8 heteroatoms. The van der Waals surface area contributed by atoms with Gasteiger partial charge in [0.2, 0.25) is 5.76 Å². The predicted octanol–water partition coefficient (Wildman–Crippen LogP) is 6.69. The Morgan fingerprint density at radius 1 is 1.17 bits per heavy atom. The van der Waals surface area contributed by atoms with Crippen molar-refractivity contribution in [1.29, 1.82) is 0 Å². The molecule has 35 heavy (non-hydrogen) atoms. The number of amides is 1. The number of carbonyl (C=O) groups excluding carboxylic acids is 1. The summed E-state index contributed by atoms with van der Waals surface area (Å²) in [4.78, 5) is 34.6. The topological polar surface area (TPSA) is 72.6 Å². The maximum atomic E-state index is 13.7. The van der Waals surface area contributed by atoms with Crippen molar-refractivity contribution in [3.63, 3.8) is 0 Å². The lowest BCUT2D eigenvalue weighted by Crippen LogP contribution is -2.29. The van der Waals surface area contributed by atoms with Gasteiger partial charge in [-0.05, 0) is 62.1 Å². The zero-order valence-electron chi connectivity index (χ0n) is 19.9. The molecule has 1 aliphatic rings. The van der Waals surface area contributed by atoms with Crippen LogP contribution in [0.2, 0.25) is 5.02 Å². The maximum Gasteiger partial charge on any atom is 0.297 e. The van der Waals surface area contributed by atoms with Crippen molar-refractivity contribution in [2.24, 2.45) is 5.92 Å². The Hall–Kier alpha value is -3.16. The molecule has 4 aromatic rings. The number of ether oxygens (including phenoxy) is 1. The van der Waals surface area contributed by atoms with Gasteiger partial charge >= 0.3 is 0 Å². The second kappa shape index (κ2) is 9.13. The van der Waals surface area contributed by atoms with Crippen LogP contribution in [-0.4, -0.2) is 17.5 Å². The Labute approximate surface area is 212 Å². The monoisotopic (exact) mass is 508 g/mol. The minimum atomic E-state index is -0.698. The van der Waals surface area contributed by atoms with E-state index in [0.29, 0.717) is 39.4 Å². The minimum absolute atomic E-state index is 0.0338. The number of benzene rings is 2. The fourth-order valence-corrected chi connectivity index (χ4v) is 5.31. The molecule has 0 saturated heterocycles. The quantitative estimate of drug-likeness (QED) is 0.290. The predicted molar refractivity (Wildman–Crippen MR) is 139 cm³/mol. The van der Waals surface area contributed by atoms with Gasteiger partial charge in [-0.3, -0.25) is 14.5 Å². The second-order valence-electron chi connectivity index (χ2n) is 9.13. The molecular formula is C27H25ClN2O4S. The number of hydrogen-bond donors (Lipinski definition) is 0. The van der Waals surface area contributed by atoms with Gasteiger partial charge in [0.25, 0.3) is 5.91 Å². The van der Waals surface area contributed by atoms with Gasteiger partial charge in [-0.25, -0.2) is 4.98 Å². The zero-order valence-corrected chi connectivity index (χ0v) is 21.5. The number of thiazole rings is 1. The van der Waals surface area contributed by atoms with Crippen molar-refractivity contribution in [3.8, 4) is 5.75 Å². The lowest BCUT2D eigenvalue weighted by atomic mass is 9.98. The summed E-state index contributed by atoms with van der Waals surface area (Å²) in [6.07, 6.45) is 0.926. The number of fused-ring (bicyclic) bond motifs is 2. The van der Waals surface area contributed by atoms with E-state index in [9.17, 15) is 9.59 Å². The molecule has 180 valence electrons. The van der Waals surface area contributed by atoms with Crippen molar-refractivity contribution in [1.82, 2.24) is 4.98 Å². The summed E-state index contributed by atoms with van der Waals surface area (Å²) >= 11 is 7.59. The minimum Gasteiger partial charge on any atom is -0.494 e. The largest absolute Gasteiger partial charge is 0.494 e. The molecule has 2 aromatic carbocycles. The third-order valence-corrected chi connectivity index (χ3v) is 7.50. The Morgan fingerprint density at radius 3 is 2.69 bits per heavy atom. The van der Waals surface area contributed by atoms with Crippen LogP contribution in [0.3, 0.4) is 0 Å². The number of carbonyl (C=O) groups is 1. The van der Waals surface area contributed by atoms with Crippen molar-refractivity contribution in [2.45, 2.75) is 40.2 Å². The molecular weight excluding hydrogens is 484 g/mol. The molecule has 5 rings (SSSR count). The number of rotatable bonds is 6. The summed E-state index contributed by atoms with van der Waals surface area (Å²) in [6.45, 7) is 8.74. The molecule has 1 aliphatic heterocycles. The van der Waals surface area contributed by atoms with Crippen LogP contribution in [0.4, 0.5) is 5.13 Å². The summed E-state index contributed by atoms with van der Waals surface area (Å²) in [7, 11) is 0. The van der Waals surface area contributed by atoms with Crippen molar-refractivity contribution >= 4 is 44.9 Å². The van der Waals surface area contributed by atoms with Crippen LogP contribution in [0.25, 0.3) is 11.0 Å². The van der Waals surface area contributed by atoms with Crippen molar-refractivity contribution in [3.05, 3.63) is 85.2 Å². The van der Waals surface area contributed by atoms with E-state index in [1.807, 2.05) is 38.1 Å². The van der Waals surface area contributed by atoms with Crippen molar-refractivity contribution < 1.29 is 13.9 Å². The highest BCUT2D eigenvalue weighted by atomic mass is 35.5. The normalized spacial score (nSPS) is 15.3. The molecule has 0 fully saturated rings. The first-order valence-electron chi connectivity index (χ1n) is 11.5. The molecule has 0 saturated carbocycles. The van der Waals surface area contributed by atoms with E-state index < -0.39 is 6.04 Å². The van der Waals surface area contributed by atoms with Gasteiger partial charge < -0.3 is 9.15 Å². The first-order chi connectivity index (χ1) is 16.7. The molecule has 0 bridgehead atoms. The zero-order chi connectivity index (χ0) is 24.9. The number of aryl methyl sites for hydroxylation is 2. The number of anilines is 1. The number of nitrogens with zero attached hydrogens (tertiary/aromatic N) is 2. The van der Waals surface area contributed by atoms with Crippen LogP contribution in [0.5, 0.6) is 5.75 Å². The number of aromatic nitrogens is 1. The summed E-state index contributed by atoms with van der Waals surface area (Å²) in [5, 5.41) is 1.29. The number of hydrogen-bond acceptors (Lipinski definition) is 6. The Bertz CT molecular complexity index is 1490. The van der Waals surface area contributed by atoms with Gasteiger partial charge in [-0.2, -0.15) is 0 Å². The molecule has 6 nitrogen and oxygen atoms in total. The maximum absolute atomic E-state index is 13.7. The first-order valence-corrected chi connectivity index (χ1v) is 12.7. The summed E-state index contributed by atoms with van der Waals surface area (Å²) < 4.78 is 12.0. The van der Waals surface area contributed by atoms with Gasteiger partial charge in [0.15, 0.2) is 10.6 Å².